The van der Waals surface area contributed by atoms with Crippen LogP contribution in [-0.2, 0) is 6.42 Å². The van der Waals surface area contributed by atoms with Crippen LogP contribution in [0.3, 0.4) is 0 Å². The second kappa shape index (κ2) is 7.81. The largest absolute Gasteiger partial charge is 0.310 e. The van der Waals surface area contributed by atoms with Crippen LogP contribution in [0.4, 0.5) is 0 Å². The molecule has 0 aliphatic rings. The van der Waals surface area contributed by atoms with Crippen LogP contribution in [0.25, 0.3) is 0 Å². The van der Waals surface area contributed by atoms with Gasteiger partial charge in [-0.1, -0.05) is 42.3 Å². The minimum Gasteiger partial charge on any atom is -0.310 e. The molecule has 1 aromatic heterocycles. The lowest BCUT2D eigenvalue weighted by molar-refractivity contribution is 0.530. The summed E-state index contributed by atoms with van der Waals surface area (Å²) in [5.74, 6) is 0. The van der Waals surface area contributed by atoms with Gasteiger partial charge in [0.15, 0.2) is 0 Å². The molecule has 0 aliphatic carbocycles. The van der Waals surface area contributed by atoms with Crippen molar-refractivity contribution >= 4 is 50.5 Å². The molecule has 5 heteroatoms. The second-order valence-corrected chi connectivity index (χ2v) is 7.68. The fourth-order valence-corrected chi connectivity index (χ4v) is 3.69. The van der Waals surface area contributed by atoms with E-state index in [0.29, 0.717) is 10.0 Å². The van der Waals surface area contributed by atoms with Crippen molar-refractivity contribution in [3.05, 3.63) is 54.6 Å². The van der Waals surface area contributed by atoms with Gasteiger partial charge < -0.3 is 5.32 Å². The molecule has 0 amide bonds. The van der Waals surface area contributed by atoms with Gasteiger partial charge in [0.2, 0.25) is 0 Å². The van der Waals surface area contributed by atoms with Crippen LogP contribution in [0, 0.1) is 0 Å². The molecule has 1 nitrogen and oxygen atoms in total. The van der Waals surface area contributed by atoms with E-state index in [4.69, 9.17) is 23.2 Å². The number of thiophene rings is 1. The van der Waals surface area contributed by atoms with E-state index < -0.39 is 0 Å². The highest BCUT2D eigenvalue weighted by Gasteiger charge is 2.15. The zero-order valence-electron chi connectivity index (χ0n) is 11.1. The maximum atomic E-state index is 6.30. The maximum absolute atomic E-state index is 6.30. The summed E-state index contributed by atoms with van der Waals surface area (Å²) in [5.41, 5.74) is 2.36. The van der Waals surface area contributed by atoms with Crippen LogP contribution in [-0.4, -0.2) is 6.54 Å². The summed E-state index contributed by atoms with van der Waals surface area (Å²) < 4.78 is 1.15. The molecule has 1 unspecified atom stereocenters. The Balaban J connectivity index is 2.21. The Bertz CT molecular complexity index is 571. The average Bonchev–Trinajstić information content (AvgIpc) is 2.86. The molecule has 0 saturated heterocycles. The third kappa shape index (κ3) is 4.22. The molecule has 0 aliphatic heterocycles. The number of benzene rings is 1. The molecule has 108 valence electrons. The first kappa shape index (κ1) is 16.3. The van der Waals surface area contributed by atoms with Gasteiger partial charge in [-0.25, -0.2) is 0 Å². The fourth-order valence-electron chi connectivity index (χ4n) is 2.06. The Morgan fingerprint density at radius 2 is 2.15 bits per heavy atom. The lowest BCUT2D eigenvalue weighted by Gasteiger charge is -2.18. The highest BCUT2D eigenvalue weighted by atomic mass is 79.9. The van der Waals surface area contributed by atoms with Crippen LogP contribution in [0.1, 0.15) is 30.5 Å². The standard InChI is InChI=1S/C15H16BrCl2NS/c1-2-6-19-13(11-8-14(16)20-9-11)7-10-4-3-5-12(17)15(10)18/h3-5,8-9,13,19H,2,6-7H2,1H3. The first-order chi connectivity index (χ1) is 9.61. The van der Waals surface area contributed by atoms with E-state index in [9.17, 15) is 0 Å². The van der Waals surface area contributed by atoms with Gasteiger partial charge in [0, 0.05) is 6.04 Å². The smallest absolute Gasteiger partial charge is 0.0701 e. The Morgan fingerprint density at radius 1 is 1.35 bits per heavy atom. The molecular formula is C15H16BrCl2NS. The molecule has 1 atom stereocenters. The summed E-state index contributed by atoms with van der Waals surface area (Å²) in [5, 5.41) is 7.03. The van der Waals surface area contributed by atoms with E-state index in [0.717, 1.165) is 28.7 Å². The topological polar surface area (TPSA) is 12.0 Å². The third-order valence-electron chi connectivity index (χ3n) is 3.09. The van der Waals surface area contributed by atoms with Crippen LogP contribution in [0.5, 0.6) is 0 Å². The summed E-state index contributed by atoms with van der Waals surface area (Å²) in [4.78, 5) is 0. The highest BCUT2D eigenvalue weighted by Crippen LogP contribution is 2.31. The molecule has 0 saturated carbocycles. The van der Waals surface area contributed by atoms with Gasteiger partial charge >= 0.3 is 0 Å². The Kier molecular flexibility index (Phi) is 6.37. The zero-order valence-corrected chi connectivity index (χ0v) is 15.0. The predicted molar refractivity (Wildman–Crippen MR) is 93.2 cm³/mol. The van der Waals surface area contributed by atoms with Gasteiger partial charge in [-0.2, -0.15) is 0 Å². The minimum absolute atomic E-state index is 0.258. The van der Waals surface area contributed by atoms with Gasteiger partial charge in [0.25, 0.3) is 0 Å². The Morgan fingerprint density at radius 3 is 2.80 bits per heavy atom. The van der Waals surface area contributed by atoms with Gasteiger partial charge in [0.1, 0.15) is 0 Å². The maximum Gasteiger partial charge on any atom is 0.0701 e. The number of nitrogens with one attached hydrogen (secondary N) is 1. The fraction of sp³-hybridized carbons (Fsp3) is 0.333. The third-order valence-corrected chi connectivity index (χ3v) is 5.47. The van der Waals surface area contributed by atoms with Crippen LogP contribution in [0.2, 0.25) is 10.0 Å². The molecule has 2 aromatic rings. The molecule has 1 heterocycles. The first-order valence-corrected chi connectivity index (χ1v) is 8.95. The first-order valence-electron chi connectivity index (χ1n) is 6.52. The van der Waals surface area contributed by atoms with Gasteiger partial charge in [0.05, 0.1) is 13.8 Å². The number of hydrogen-bond acceptors (Lipinski definition) is 2. The van der Waals surface area contributed by atoms with Crippen molar-refractivity contribution in [2.24, 2.45) is 0 Å². The van der Waals surface area contributed by atoms with Gasteiger partial charge in [-0.3, -0.25) is 0 Å². The van der Waals surface area contributed by atoms with Crippen LogP contribution in [0.15, 0.2) is 33.4 Å². The van der Waals surface area contributed by atoms with Crippen molar-refractivity contribution in [1.82, 2.24) is 5.32 Å². The van der Waals surface area contributed by atoms with E-state index in [-0.39, 0.29) is 6.04 Å². The van der Waals surface area contributed by atoms with E-state index in [1.807, 2.05) is 18.2 Å². The minimum atomic E-state index is 0.258. The molecule has 20 heavy (non-hydrogen) atoms. The molecule has 1 N–H and O–H groups in total. The number of hydrogen-bond donors (Lipinski definition) is 1. The highest BCUT2D eigenvalue weighted by molar-refractivity contribution is 9.11. The normalized spacial score (nSPS) is 12.6. The Labute approximate surface area is 142 Å². The summed E-state index contributed by atoms with van der Waals surface area (Å²) in [6, 6.07) is 8.23. The summed E-state index contributed by atoms with van der Waals surface area (Å²) in [6.07, 6.45) is 1.94. The van der Waals surface area contributed by atoms with E-state index in [1.165, 1.54) is 5.56 Å². The average molecular weight is 393 g/mol. The molecular weight excluding hydrogens is 377 g/mol. The molecule has 1 aromatic carbocycles. The van der Waals surface area contributed by atoms with E-state index in [1.54, 1.807) is 11.3 Å². The number of halogens is 3. The van der Waals surface area contributed by atoms with Gasteiger partial charge in [-0.15, -0.1) is 11.3 Å². The SMILES string of the molecule is CCCNC(Cc1cccc(Cl)c1Cl)c1csc(Br)c1. The van der Waals surface area contributed by atoms with Crippen molar-refractivity contribution in [3.63, 3.8) is 0 Å². The van der Waals surface area contributed by atoms with E-state index >= 15 is 0 Å². The lowest BCUT2D eigenvalue weighted by Crippen LogP contribution is -2.23. The summed E-state index contributed by atoms with van der Waals surface area (Å²) in [7, 11) is 0. The summed E-state index contributed by atoms with van der Waals surface area (Å²) >= 11 is 17.6. The van der Waals surface area contributed by atoms with Gasteiger partial charge in [-0.05, 0) is 64.0 Å². The van der Waals surface area contributed by atoms with Crippen LogP contribution >= 0.6 is 50.5 Å². The lowest BCUT2D eigenvalue weighted by atomic mass is 10.0. The number of rotatable bonds is 6. The van der Waals surface area contributed by atoms with Crippen molar-refractivity contribution in [2.45, 2.75) is 25.8 Å². The molecule has 0 bridgehead atoms. The summed E-state index contributed by atoms with van der Waals surface area (Å²) in [6.45, 7) is 3.15. The zero-order chi connectivity index (χ0) is 14.5. The quantitative estimate of drug-likeness (QED) is 0.625. The predicted octanol–water partition coefficient (Wildman–Crippen LogP) is 6.10. The molecule has 0 radical (unpaired) electrons. The van der Waals surface area contributed by atoms with Crippen molar-refractivity contribution < 1.29 is 0 Å². The van der Waals surface area contributed by atoms with E-state index in [2.05, 4.69) is 39.6 Å². The molecule has 2 rings (SSSR count). The van der Waals surface area contributed by atoms with Crippen LogP contribution < -0.4 is 5.32 Å². The van der Waals surface area contributed by atoms with Crippen molar-refractivity contribution in [2.75, 3.05) is 6.54 Å². The second-order valence-electron chi connectivity index (χ2n) is 4.61. The Hall–Kier alpha value is -0.0600. The molecule has 0 spiro atoms. The molecule has 0 fully saturated rings. The van der Waals surface area contributed by atoms with Crippen molar-refractivity contribution in [1.29, 1.82) is 0 Å². The monoisotopic (exact) mass is 391 g/mol. The van der Waals surface area contributed by atoms with Crippen molar-refractivity contribution in [3.8, 4) is 0 Å².